The Kier molecular flexibility index (Phi) is 7.56. The van der Waals surface area contributed by atoms with Gasteiger partial charge in [0.05, 0.1) is 39.0 Å². The second-order valence-electron chi connectivity index (χ2n) is 10.0. The lowest BCUT2D eigenvalue weighted by Crippen LogP contribution is -2.43. The molecule has 9 nitrogen and oxygen atoms in total. The third-order valence-corrected chi connectivity index (χ3v) is 8.04. The molecule has 3 aromatic carbocycles. The third kappa shape index (κ3) is 4.64. The Labute approximate surface area is 241 Å². The molecule has 5 rings (SSSR count). The standard InChI is InChI=1S/C30H30ClFO9/c1-14-9-15-10-21-25(40-13-39-21)26(37-5)22(15)23-18(12-20(35-3)24(36-4)27(23)38-6)28(30(14,2)34)41-29(33)17-8-7-16(32)11-19(17)31/h7-8,10-12,14,28,34H,9,13H2,1-6H3/t14-,28-,30-/m0/s1. The minimum Gasteiger partial charge on any atom is -0.493 e. The fraction of sp³-hybridized carbons (Fsp3) is 0.367. The highest BCUT2D eigenvalue weighted by molar-refractivity contribution is 6.33. The quantitative estimate of drug-likeness (QED) is 0.361. The Balaban J connectivity index is 1.85. The van der Waals surface area contributed by atoms with Gasteiger partial charge in [-0.1, -0.05) is 18.5 Å². The molecule has 1 heterocycles. The summed E-state index contributed by atoms with van der Waals surface area (Å²) < 4.78 is 54.3. The van der Waals surface area contributed by atoms with Crippen molar-refractivity contribution in [2.24, 2.45) is 5.92 Å². The smallest absolute Gasteiger partial charge is 0.340 e. The minimum absolute atomic E-state index is 0.0104. The molecule has 41 heavy (non-hydrogen) atoms. The molecule has 0 unspecified atom stereocenters. The number of methoxy groups -OCH3 is 4. The van der Waals surface area contributed by atoms with Crippen molar-refractivity contribution in [3.05, 3.63) is 57.9 Å². The number of carbonyl (C=O) groups excluding carboxylic acids is 1. The molecule has 1 N–H and O–H groups in total. The summed E-state index contributed by atoms with van der Waals surface area (Å²) in [6, 6.07) is 6.83. The van der Waals surface area contributed by atoms with Crippen LogP contribution in [-0.4, -0.2) is 51.9 Å². The molecule has 0 bridgehead atoms. The van der Waals surface area contributed by atoms with Crippen LogP contribution in [0.4, 0.5) is 4.39 Å². The molecule has 0 amide bonds. The molecule has 1 aliphatic heterocycles. The van der Waals surface area contributed by atoms with Crippen LogP contribution in [0.3, 0.4) is 0 Å². The van der Waals surface area contributed by atoms with Gasteiger partial charge in [0.15, 0.2) is 29.1 Å². The van der Waals surface area contributed by atoms with E-state index in [9.17, 15) is 14.3 Å². The average molecular weight is 589 g/mol. The van der Waals surface area contributed by atoms with Gasteiger partial charge in [-0.15, -0.1) is 0 Å². The Hall–Kier alpha value is -3.89. The molecule has 3 aromatic rings. The zero-order chi connectivity index (χ0) is 29.6. The van der Waals surface area contributed by atoms with Crippen molar-refractivity contribution in [2.75, 3.05) is 35.2 Å². The first-order valence-electron chi connectivity index (χ1n) is 12.8. The first-order valence-corrected chi connectivity index (χ1v) is 13.2. The molecule has 11 heteroatoms. The number of aliphatic hydroxyl groups is 1. The number of benzene rings is 3. The Bertz CT molecular complexity index is 1520. The molecular weight excluding hydrogens is 559 g/mol. The van der Waals surface area contributed by atoms with E-state index >= 15 is 0 Å². The fourth-order valence-electron chi connectivity index (χ4n) is 5.45. The molecule has 218 valence electrons. The van der Waals surface area contributed by atoms with Crippen molar-refractivity contribution < 1.29 is 47.4 Å². The third-order valence-electron chi connectivity index (χ3n) is 7.73. The van der Waals surface area contributed by atoms with Gasteiger partial charge in [-0.25, -0.2) is 9.18 Å². The summed E-state index contributed by atoms with van der Waals surface area (Å²) in [6.07, 6.45) is -0.949. The Morgan fingerprint density at radius 1 is 1.00 bits per heavy atom. The summed E-state index contributed by atoms with van der Waals surface area (Å²) in [5.41, 5.74) is 0.452. The Morgan fingerprint density at radius 2 is 1.71 bits per heavy atom. The minimum atomic E-state index is -1.64. The summed E-state index contributed by atoms with van der Waals surface area (Å²) >= 11 is 6.19. The second-order valence-corrected chi connectivity index (χ2v) is 10.4. The first kappa shape index (κ1) is 28.6. The van der Waals surface area contributed by atoms with Crippen LogP contribution in [0, 0.1) is 11.7 Å². The van der Waals surface area contributed by atoms with Gasteiger partial charge >= 0.3 is 5.97 Å². The molecule has 3 atom stereocenters. The van der Waals surface area contributed by atoms with Crippen molar-refractivity contribution in [2.45, 2.75) is 32.0 Å². The van der Waals surface area contributed by atoms with Gasteiger partial charge < -0.3 is 38.3 Å². The van der Waals surface area contributed by atoms with Crippen molar-refractivity contribution in [1.29, 1.82) is 0 Å². The lowest BCUT2D eigenvalue weighted by atomic mass is 9.73. The summed E-state index contributed by atoms with van der Waals surface area (Å²) in [5.74, 6) is 0.156. The Morgan fingerprint density at radius 3 is 2.34 bits per heavy atom. The maximum atomic E-state index is 13.7. The van der Waals surface area contributed by atoms with E-state index in [-0.39, 0.29) is 34.6 Å². The van der Waals surface area contributed by atoms with Crippen molar-refractivity contribution in [3.8, 4) is 45.6 Å². The molecule has 0 saturated carbocycles. The predicted octanol–water partition coefficient (Wildman–Crippen LogP) is 5.75. The van der Waals surface area contributed by atoms with Crippen molar-refractivity contribution in [1.82, 2.24) is 0 Å². The van der Waals surface area contributed by atoms with Gasteiger partial charge in [0, 0.05) is 16.7 Å². The van der Waals surface area contributed by atoms with Gasteiger partial charge in [-0.2, -0.15) is 0 Å². The van der Waals surface area contributed by atoms with Gasteiger partial charge in [0.25, 0.3) is 0 Å². The monoisotopic (exact) mass is 588 g/mol. The largest absolute Gasteiger partial charge is 0.493 e. The van der Waals surface area contributed by atoms with E-state index in [1.807, 2.05) is 13.0 Å². The van der Waals surface area contributed by atoms with Crippen LogP contribution >= 0.6 is 11.6 Å². The van der Waals surface area contributed by atoms with Crippen molar-refractivity contribution >= 4 is 17.6 Å². The number of carbonyl (C=O) groups is 1. The number of hydrogen-bond donors (Lipinski definition) is 1. The van der Waals surface area contributed by atoms with Crippen LogP contribution in [0.2, 0.25) is 5.02 Å². The maximum Gasteiger partial charge on any atom is 0.340 e. The van der Waals surface area contributed by atoms with E-state index in [0.29, 0.717) is 40.4 Å². The highest BCUT2D eigenvalue weighted by Crippen LogP contribution is 2.59. The van der Waals surface area contributed by atoms with E-state index in [2.05, 4.69) is 0 Å². The molecule has 0 spiro atoms. The van der Waals surface area contributed by atoms with E-state index < -0.39 is 29.4 Å². The lowest BCUT2D eigenvalue weighted by molar-refractivity contribution is -0.107. The maximum absolute atomic E-state index is 13.7. The zero-order valence-corrected chi connectivity index (χ0v) is 24.2. The van der Waals surface area contributed by atoms with Gasteiger partial charge in [0.1, 0.15) is 11.4 Å². The lowest BCUT2D eigenvalue weighted by Gasteiger charge is -2.41. The normalized spacial score (nSPS) is 20.7. The highest BCUT2D eigenvalue weighted by atomic mass is 35.5. The average Bonchev–Trinajstić information content (AvgIpc) is 3.41. The molecule has 0 aromatic heterocycles. The number of rotatable bonds is 6. The molecular formula is C30H30ClFO9. The number of esters is 1. The van der Waals surface area contributed by atoms with E-state index in [0.717, 1.165) is 17.7 Å². The summed E-state index contributed by atoms with van der Waals surface area (Å²) in [7, 11) is 5.91. The summed E-state index contributed by atoms with van der Waals surface area (Å²) in [4.78, 5) is 13.5. The fourth-order valence-corrected chi connectivity index (χ4v) is 5.70. The second kappa shape index (κ2) is 10.8. The first-order chi connectivity index (χ1) is 19.6. The molecule has 0 radical (unpaired) electrons. The number of halogens is 2. The van der Waals surface area contributed by atoms with Crippen LogP contribution in [0.1, 0.15) is 41.4 Å². The van der Waals surface area contributed by atoms with Crippen LogP contribution in [0.5, 0.6) is 34.5 Å². The summed E-state index contributed by atoms with van der Waals surface area (Å²) in [5, 5.41) is 12.0. The molecule has 2 aliphatic rings. The van der Waals surface area contributed by atoms with Gasteiger partial charge in [0.2, 0.25) is 18.3 Å². The SMILES string of the molecule is COc1cc2c(c(OC)c1OC)-c1c(cc3c(c1OC)OCO3)C[C@H](C)[C@](C)(O)[C@H]2OC(=O)c1ccc(F)cc1Cl. The van der Waals surface area contributed by atoms with E-state index in [1.54, 1.807) is 13.0 Å². The number of fused-ring (bicyclic) bond motifs is 4. The summed E-state index contributed by atoms with van der Waals surface area (Å²) in [6.45, 7) is 3.44. The van der Waals surface area contributed by atoms with Crippen molar-refractivity contribution in [3.63, 3.8) is 0 Å². The van der Waals surface area contributed by atoms with E-state index in [4.69, 9.17) is 44.8 Å². The molecule has 0 saturated heterocycles. The van der Waals surface area contributed by atoms with Crippen LogP contribution in [0.25, 0.3) is 11.1 Å². The van der Waals surface area contributed by atoms with Gasteiger partial charge in [-0.3, -0.25) is 0 Å². The highest BCUT2D eigenvalue weighted by Gasteiger charge is 2.47. The van der Waals surface area contributed by atoms with Crippen LogP contribution in [-0.2, 0) is 11.2 Å². The topological polar surface area (TPSA) is 102 Å². The van der Waals surface area contributed by atoms with Gasteiger partial charge in [-0.05, 0) is 55.2 Å². The zero-order valence-electron chi connectivity index (χ0n) is 23.4. The van der Waals surface area contributed by atoms with E-state index in [1.165, 1.54) is 34.5 Å². The number of hydrogen-bond acceptors (Lipinski definition) is 9. The van der Waals surface area contributed by atoms with Crippen LogP contribution < -0.4 is 28.4 Å². The molecule has 1 aliphatic carbocycles. The predicted molar refractivity (Wildman–Crippen MR) is 147 cm³/mol. The number of ether oxygens (including phenoxy) is 7. The van der Waals surface area contributed by atoms with Crippen LogP contribution in [0.15, 0.2) is 30.3 Å². The molecule has 0 fully saturated rings.